The molecule has 0 heterocycles. The van der Waals surface area contributed by atoms with Gasteiger partial charge in [0, 0.05) is 7.05 Å². The van der Waals surface area contributed by atoms with E-state index in [0.717, 1.165) is 24.8 Å². The van der Waals surface area contributed by atoms with Gasteiger partial charge in [0.2, 0.25) is 0 Å². The van der Waals surface area contributed by atoms with Crippen LogP contribution < -0.4 is 4.72 Å². The lowest BCUT2D eigenvalue weighted by molar-refractivity contribution is 0.188. The highest BCUT2D eigenvalue weighted by Crippen LogP contribution is 2.33. The second kappa shape index (κ2) is 4.53. The molecule has 1 aromatic carbocycles. The monoisotopic (exact) mass is 241 g/mol. The standard InChI is InChI=1S/C11H15NO3S/c1-12-16(13,14)15-11-8-4-6-9-5-2-3-7-10(9)11/h2-3,5,7,11-12H,4,6,8H2,1H3. The van der Waals surface area contributed by atoms with Crippen LogP contribution in [0.25, 0.3) is 0 Å². The number of benzene rings is 1. The van der Waals surface area contributed by atoms with E-state index in [2.05, 4.69) is 4.72 Å². The second-order valence-electron chi connectivity index (χ2n) is 3.83. The van der Waals surface area contributed by atoms with Crippen LogP contribution in [0.2, 0.25) is 0 Å². The van der Waals surface area contributed by atoms with Crippen LogP contribution in [-0.2, 0) is 20.9 Å². The Balaban J connectivity index is 2.26. The fraction of sp³-hybridized carbons (Fsp3) is 0.455. The first kappa shape index (κ1) is 11.6. The van der Waals surface area contributed by atoms with Gasteiger partial charge in [0.05, 0.1) is 0 Å². The minimum Gasteiger partial charge on any atom is -0.250 e. The largest absolute Gasteiger partial charge is 0.336 e. The van der Waals surface area contributed by atoms with Gasteiger partial charge in [0.15, 0.2) is 0 Å². The van der Waals surface area contributed by atoms with Crippen molar-refractivity contribution in [3.05, 3.63) is 35.4 Å². The summed E-state index contributed by atoms with van der Waals surface area (Å²) in [4.78, 5) is 0. The Kier molecular flexibility index (Phi) is 3.28. The molecule has 2 rings (SSSR count). The van der Waals surface area contributed by atoms with Crippen LogP contribution in [0.15, 0.2) is 24.3 Å². The SMILES string of the molecule is CNS(=O)(=O)OC1CCCc2ccccc21. The van der Waals surface area contributed by atoms with Crippen molar-refractivity contribution in [3.8, 4) is 0 Å². The molecule has 1 atom stereocenters. The summed E-state index contributed by atoms with van der Waals surface area (Å²) in [6, 6.07) is 7.83. The number of aryl methyl sites for hydroxylation is 1. The topological polar surface area (TPSA) is 55.4 Å². The highest BCUT2D eigenvalue weighted by molar-refractivity contribution is 7.84. The molecule has 16 heavy (non-hydrogen) atoms. The molecular formula is C11H15NO3S. The van der Waals surface area contributed by atoms with Crippen LogP contribution in [0.4, 0.5) is 0 Å². The van der Waals surface area contributed by atoms with Gasteiger partial charge in [-0.05, 0) is 30.4 Å². The molecular weight excluding hydrogens is 226 g/mol. The number of nitrogens with one attached hydrogen (secondary N) is 1. The summed E-state index contributed by atoms with van der Waals surface area (Å²) in [6.45, 7) is 0. The van der Waals surface area contributed by atoms with Gasteiger partial charge in [-0.3, -0.25) is 0 Å². The van der Waals surface area contributed by atoms with E-state index in [1.807, 2.05) is 24.3 Å². The molecule has 1 N–H and O–H groups in total. The van der Waals surface area contributed by atoms with Crippen molar-refractivity contribution in [2.24, 2.45) is 0 Å². The molecule has 4 nitrogen and oxygen atoms in total. The lowest BCUT2D eigenvalue weighted by atomic mass is 9.90. The summed E-state index contributed by atoms with van der Waals surface area (Å²) in [5, 5.41) is 0. The molecule has 0 aliphatic heterocycles. The summed E-state index contributed by atoms with van der Waals surface area (Å²) in [6.07, 6.45) is 2.36. The van der Waals surface area contributed by atoms with E-state index in [0.29, 0.717) is 0 Å². The Morgan fingerprint density at radius 2 is 2.12 bits per heavy atom. The predicted octanol–water partition coefficient (Wildman–Crippen LogP) is 1.54. The molecule has 0 radical (unpaired) electrons. The molecule has 5 heteroatoms. The lowest BCUT2D eigenvalue weighted by Gasteiger charge is -2.24. The van der Waals surface area contributed by atoms with Crippen LogP contribution in [0, 0.1) is 0 Å². The summed E-state index contributed by atoms with van der Waals surface area (Å²) in [5.74, 6) is 0. The first-order valence-electron chi connectivity index (χ1n) is 5.32. The fourth-order valence-corrected chi connectivity index (χ4v) is 2.61. The van der Waals surface area contributed by atoms with Crippen molar-refractivity contribution in [1.82, 2.24) is 4.72 Å². The smallest absolute Gasteiger partial charge is 0.250 e. The van der Waals surface area contributed by atoms with Crippen LogP contribution in [0.5, 0.6) is 0 Å². The molecule has 0 saturated carbocycles. The third-order valence-corrected chi connectivity index (χ3v) is 3.79. The van der Waals surface area contributed by atoms with Crippen molar-refractivity contribution >= 4 is 10.3 Å². The van der Waals surface area contributed by atoms with Gasteiger partial charge in [-0.1, -0.05) is 24.3 Å². The Labute approximate surface area is 95.9 Å². The maximum Gasteiger partial charge on any atom is 0.336 e. The molecule has 1 unspecified atom stereocenters. The molecule has 0 saturated heterocycles. The molecule has 1 aliphatic rings. The zero-order valence-electron chi connectivity index (χ0n) is 9.14. The van der Waals surface area contributed by atoms with E-state index in [4.69, 9.17) is 4.18 Å². The van der Waals surface area contributed by atoms with Gasteiger partial charge in [-0.2, -0.15) is 13.1 Å². The van der Waals surface area contributed by atoms with E-state index in [9.17, 15) is 8.42 Å². The van der Waals surface area contributed by atoms with Crippen molar-refractivity contribution in [1.29, 1.82) is 0 Å². The van der Waals surface area contributed by atoms with Crippen LogP contribution in [0.1, 0.15) is 30.1 Å². The van der Waals surface area contributed by atoms with Gasteiger partial charge >= 0.3 is 10.3 Å². The Morgan fingerprint density at radius 3 is 2.88 bits per heavy atom. The van der Waals surface area contributed by atoms with Gasteiger partial charge in [0.25, 0.3) is 0 Å². The van der Waals surface area contributed by atoms with Gasteiger partial charge in [0.1, 0.15) is 6.10 Å². The van der Waals surface area contributed by atoms with Crippen LogP contribution >= 0.6 is 0 Å². The molecule has 0 fully saturated rings. The third kappa shape index (κ3) is 2.42. The van der Waals surface area contributed by atoms with Crippen molar-refractivity contribution in [2.75, 3.05) is 7.05 Å². The Hall–Kier alpha value is -0.910. The van der Waals surface area contributed by atoms with Gasteiger partial charge in [-0.25, -0.2) is 4.18 Å². The Morgan fingerprint density at radius 1 is 1.38 bits per heavy atom. The van der Waals surface area contributed by atoms with Crippen molar-refractivity contribution < 1.29 is 12.6 Å². The van der Waals surface area contributed by atoms with Gasteiger partial charge in [-0.15, -0.1) is 0 Å². The summed E-state index contributed by atoms with van der Waals surface area (Å²) >= 11 is 0. The van der Waals surface area contributed by atoms with E-state index in [1.165, 1.54) is 12.6 Å². The van der Waals surface area contributed by atoms with Crippen molar-refractivity contribution in [2.45, 2.75) is 25.4 Å². The molecule has 1 aromatic rings. The zero-order valence-corrected chi connectivity index (χ0v) is 9.96. The normalized spacial score (nSPS) is 20.4. The number of hydrogen-bond donors (Lipinski definition) is 1. The first-order valence-corrected chi connectivity index (χ1v) is 6.73. The number of hydrogen-bond acceptors (Lipinski definition) is 3. The zero-order chi connectivity index (χ0) is 11.6. The maximum absolute atomic E-state index is 11.3. The average Bonchev–Trinajstić information content (AvgIpc) is 2.29. The van der Waals surface area contributed by atoms with E-state index < -0.39 is 10.3 Å². The first-order chi connectivity index (χ1) is 7.62. The summed E-state index contributed by atoms with van der Waals surface area (Å²) < 4.78 is 30.0. The molecule has 0 bridgehead atoms. The molecule has 0 amide bonds. The molecule has 0 aromatic heterocycles. The van der Waals surface area contributed by atoms with E-state index in [1.54, 1.807) is 0 Å². The molecule has 1 aliphatic carbocycles. The van der Waals surface area contributed by atoms with Crippen molar-refractivity contribution in [3.63, 3.8) is 0 Å². The highest BCUT2D eigenvalue weighted by atomic mass is 32.2. The minimum absolute atomic E-state index is 0.345. The third-order valence-electron chi connectivity index (χ3n) is 2.81. The van der Waals surface area contributed by atoms with E-state index >= 15 is 0 Å². The quantitative estimate of drug-likeness (QED) is 0.873. The summed E-state index contributed by atoms with van der Waals surface area (Å²) in [7, 11) is -2.26. The highest BCUT2D eigenvalue weighted by Gasteiger charge is 2.24. The molecule has 88 valence electrons. The van der Waals surface area contributed by atoms with Gasteiger partial charge < -0.3 is 0 Å². The number of fused-ring (bicyclic) bond motifs is 1. The fourth-order valence-electron chi connectivity index (χ4n) is 2.01. The van der Waals surface area contributed by atoms with E-state index in [-0.39, 0.29) is 6.10 Å². The summed E-state index contributed by atoms with van der Waals surface area (Å²) in [5.41, 5.74) is 2.18. The minimum atomic E-state index is -3.61. The predicted molar refractivity (Wildman–Crippen MR) is 61.2 cm³/mol. The lowest BCUT2D eigenvalue weighted by Crippen LogP contribution is -2.25. The maximum atomic E-state index is 11.3. The second-order valence-corrected chi connectivity index (χ2v) is 5.34. The Bertz CT molecular complexity index is 470. The molecule has 0 spiro atoms. The van der Waals surface area contributed by atoms with Crippen LogP contribution in [-0.4, -0.2) is 15.5 Å². The average molecular weight is 241 g/mol. The van der Waals surface area contributed by atoms with Crippen LogP contribution in [0.3, 0.4) is 0 Å². The number of rotatable bonds is 3.